The predicted molar refractivity (Wildman–Crippen MR) is 86.6 cm³/mol. The molecule has 0 aliphatic rings. The van der Waals surface area contributed by atoms with Crippen molar-refractivity contribution in [3.05, 3.63) is 59.3 Å². The van der Waals surface area contributed by atoms with Gasteiger partial charge in [-0.3, -0.25) is 4.79 Å². The number of benzene rings is 2. The number of aryl methyl sites for hydroxylation is 1. The van der Waals surface area contributed by atoms with Crippen molar-refractivity contribution in [1.29, 1.82) is 0 Å². The fraction of sp³-hybridized carbons (Fsp3) is 0.118. The van der Waals surface area contributed by atoms with Gasteiger partial charge in [0.1, 0.15) is 5.69 Å². The molecule has 4 N–H and O–H groups in total. The molecule has 0 radical (unpaired) electrons. The van der Waals surface area contributed by atoms with Crippen molar-refractivity contribution in [2.24, 2.45) is 0 Å². The van der Waals surface area contributed by atoms with Gasteiger partial charge in [0.2, 0.25) is 0 Å². The maximum Gasteiger partial charge on any atom is 0.272 e. The number of rotatable bonds is 2. The third kappa shape index (κ3) is 2.48. The van der Waals surface area contributed by atoms with Crippen LogP contribution in [0.25, 0.3) is 10.9 Å². The first-order chi connectivity index (χ1) is 10.0. The summed E-state index contributed by atoms with van der Waals surface area (Å²) < 4.78 is 0. The van der Waals surface area contributed by atoms with Gasteiger partial charge in [0.15, 0.2) is 0 Å². The van der Waals surface area contributed by atoms with Crippen LogP contribution in [0.4, 0.5) is 11.4 Å². The Bertz CT molecular complexity index is 833. The minimum atomic E-state index is -0.154. The lowest BCUT2D eigenvalue weighted by Crippen LogP contribution is -2.13. The van der Waals surface area contributed by atoms with E-state index in [1.54, 1.807) is 0 Å². The third-order valence-corrected chi connectivity index (χ3v) is 3.74. The van der Waals surface area contributed by atoms with E-state index in [9.17, 15) is 4.79 Å². The van der Waals surface area contributed by atoms with Gasteiger partial charge in [0, 0.05) is 22.3 Å². The maximum atomic E-state index is 12.4. The molecule has 0 bridgehead atoms. The molecule has 0 saturated carbocycles. The molecule has 0 saturated heterocycles. The number of aromatic nitrogens is 1. The minimum absolute atomic E-state index is 0.154. The van der Waals surface area contributed by atoms with Crippen LogP contribution < -0.4 is 11.1 Å². The normalized spacial score (nSPS) is 10.8. The number of nitrogen functional groups attached to an aromatic ring is 1. The van der Waals surface area contributed by atoms with E-state index in [0.717, 1.165) is 27.7 Å². The fourth-order valence-electron chi connectivity index (χ4n) is 2.35. The van der Waals surface area contributed by atoms with Crippen molar-refractivity contribution in [1.82, 2.24) is 4.98 Å². The molecule has 0 aliphatic heterocycles. The highest BCUT2D eigenvalue weighted by atomic mass is 16.1. The molecular weight excluding hydrogens is 262 g/mol. The van der Waals surface area contributed by atoms with Gasteiger partial charge in [0.05, 0.1) is 0 Å². The van der Waals surface area contributed by atoms with E-state index in [-0.39, 0.29) is 5.91 Å². The fourth-order valence-corrected chi connectivity index (χ4v) is 2.35. The summed E-state index contributed by atoms with van der Waals surface area (Å²) in [7, 11) is 0. The van der Waals surface area contributed by atoms with Gasteiger partial charge in [0.25, 0.3) is 5.91 Å². The molecule has 0 fully saturated rings. The van der Waals surface area contributed by atoms with Crippen LogP contribution in [0.2, 0.25) is 0 Å². The first-order valence-corrected chi connectivity index (χ1v) is 6.80. The van der Waals surface area contributed by atoms with E-state index in [2.05, 4.69) is 10.3 Å². The van der Waals surface area contributed by atoms with Crippen LogP contribution in [0.15, 0.2) is 42.5 Å². The van der Waals surface area contributed by atoms with Gasteiger partial charge in [-0.1, -0.05) is 12.1 Å². The zero-order chi connectivity index (χ0) is 15.0. The topological polar surface area (TPSA) is 70.9 Å². The molecule has 1 amide bonds. The number of H-pyrrole nitrogens is 1. The zero-order valence-corrected chi connectivity index (χ0v) is 12.0. The van der Waals surface area contributed by atoms with E-state index in [4.69, 9.17) is 5.73 Å². The van der Waals surface area contributed by atoms with E-state index in [1.165, 1.54) is 0 Å². The van der Waals surface area contributed by atoms with Gasteiger partial charge in [-0.25, -0.2) is 0 Å². The highest BCUT2D eigenvalue weighted by Gasteiger charge is 2.11. The number of nitrogens with one attached hydrogen (secondary N) is 2. The molecule has 0 spiro atoms. The van der Waals surface area contributed by atoms with Crippen molar-refractivity contribution in [3.8, 4) is 0 Å². The van der Waals surface area contributed by atoms with E-state index < -0.39 is 0 Å². The summed E-state index contributed by atoms with van der Waals surface area (Å²) in [4.78, 5) is 15.5. The van der Waals surface area contributed by atoms with Crippen molar-refractivity contribution in [2.45, 2.75) is 13.8 Å². The van der Waals surface area contributed by atoms with Gasteiger partial charge >= 0.3 is 0 Å². The molecule has 0 atom stereocenters. The number of amides is 1. The summed E-state index contributed by atoms with van der Waals surface area (Å²) in [5.41, 5.74) is 10.9. The number of anilines is 2. The Kier molecular flexibility index (Phi) is 3.14. The highest BCUT2D eigenvalue weighted by Crippen LogP contribution is 2.21. The first-order valence-electron chi connectivity index (χ1n) is 6.80. The van der Waals surface area contributed by atoms with Crippen LogP contribution >= 0.6 is 0 Å². The summed E-state index contributed by atoms with van der Waals surface area (Å²) in [6.07, 6.45) is 0. The lowest BCUT2D eigenvalue weighted by molar-refractivity contribution is 0.102. The Morgan fingerprint density at radius 3 is 2.76 bits per heavy atom. The largest absolute Gasteiger partial charge is 0.399 e. The highest BCUT2D eigenvalue weighted by molar-refractivity contribution is 6.06. The number of aromatic amines is 1. The maximum absolute atomic E-state index is 12.4. The molecule has 3 aromatic rings. The standard InChI is InChI=1S/C17H17N3O/c1-10-4-3-5-14(11(10)2)20-17(21)16-9-12-8-13(18)6-7-15(12)19-16/h3-9,19H,18H2,1-2H3,(H,20,21). The molecule has 4 heteroatoms. The quantitative estimate of drug-likeness (QED) is 0.627. The lowest BCUT2D eigenvalue weighted by Gasteiger charge is -2.09. The van der Waals surface area contributed by atoms with E-state index in [0.29, 0.717) is 11.4 Å². The summed E-state index contributed by atoms with van der Waals surface area (Å²) in [5, 5.41) is 3.87. The predicted octanol–water partition coefficient (Wildman–Crippen LogP) is 3.62. The summed E-state index contributed by atoms with van der Waals surface area (Å²) in [6, 6.07) is 13.2. The van der Waals surface area contributed by atoms with Crippen molar-refractivity contribution in [3.63, 3.8) is 0 Å². The number of nitrogens with two attached hydrogens (primary N) is 1. The van der Waals surface area contributed by atoms with Gasteiger partial charge in [-0.05, 0) is 55.3 Å². The molecule has 106 valence electrons. The summed E-state index contributed by atoms with van der Waals surface area (Å²) in [6.45, 7) is 4.02. The van der Waals surface area contributed by atoms with Crippen LogP contribution in [0.5, 0.6) is 0 Å². The van der Waals surface area contributed by atoms with Crippen LogP contribution in [0.3, 0.4) is 0 Å². The minimum Gasteiger partial charge on any atom is -0.399 e. The number of carbonyl (C=O) groups is 1. The Labute approximate surface area is 123 Å². The third-order valence-electron chi connectivity index (χ3n) is 3.74. The molecule has 4 nitrogen and oxygen atoms in total. The van der Waals surface area contributed by atoms with Crippen LogP contribution in [0.1, 0.15) is 21.6 Å². The Morgan fingerprint density at radius 2 is 1.95 bits per heavy atom. The second-order valence-corrected chi connectivity index (χ2v) is 5.23. The second-order valence-electron chi connectivity index (χ2n) is 5.23. The molecule has 1 aromatic heterocycles. The number of fused-ring (bicyclic) bond motifs is 1. The monoisotopic (exact) mass is 279 g/mol. The van der Waals surface area contributed by atoms with Crippen molar-refractivity contribution < 1.29 is 4.79 Å². The number of carbonyl (C=O) groups excluding carboxylic acids is 1. The Hall–Kier alpha value is -2.75. The lowest BCUT2D eigenvalue weighted by atomic mass is 10.1. The SMILES string of the molecule is Cc1cccc(NC(=O)c2cc3cc(N)ccc3[nH]2)c1C. The molecule has 3 rings (SSSR count). The van der Waals surface area contributed by atoms with Crippen LogP contribution in [-0.2, 0) is 0 Å². The van der Waals surface area contributed by atoms with Gasteiger partial charge in [-0.15, -0.1) is 0 Å². The summed E-state index contributed by atoms with van der Waals surface area (Å²) >= 11 is 0. The molecule has 21 heavy (non-hydrogen) atoms. The van der Waals surface area contributed by atoms with Gasteiger partial charge < -0.3 is 16.0 Å². The zero-order valence-electron chi connectivity index (χ0n) is 12.0. The van der Waals surface area contributed by atoms with Gasteiger partial charge in [-0.2, -0.15) is 0 Å². The van der Waals surface area contributed by atoms with E-state index >= 15 is 0 Å². The summed E-state index contributed by atoms with van der Waals surface area (Å²) in [5.74, 6) is -0.154. The van der Waals surface area contributed by atoms with Crippen molar-refractivity contribution >= 4 is 28.2 Å². The molecule has 0 unspecified atom stereocenters. The molecule has 1 heterocycles. The Balaban J connectivity index is 1.91. The van der Waals surface area contributed by atoms with Crippen molar-refractivity contribution in [2.75, 3.05) is 11.1 Å². The number of hydrogen-bond acceptors (Lipinski definition) is 2. The molecular formula is C17H17N3O. The van der Waals surface area contributed by atoms with Crippen LogP contribution in [-0.4, -0.2) is 10.9 Å². The average molecular weight is 279 g/mol. The molecule has 2 aromatic carbocycles. The Morgan fingerprint density at radius 1 is 1.14 bits per heavy atom. The average Bonchev–Trinajstić information content (AvgIpc) is 2.87. The smallest absolute Gasteiger partial charge is 0.272 e. The second kappa shape index (κ2) is 4.98. The number of hydrogen-bond donors (Lipinski definition) is 3. The first kappa shape index (κ1) is 13.2. The molecule has 0 aliphatic carbocycles. The van der Waals surface area contributed by atoms with E-state index in [1.807, 2.05) is 56.3 Å². The van der Waals surface area contributed by atoms with Crippen LogP contribution in [0, 0.1) is 13.8 Å².